The van der Waals surface area contributed by atoms with E-state index in [0.717, 1.165) is 31.2 Å². The Morgan fingerprint density at radius 3 is 3.31 bits per heavy atom. The smallest absolute Gasteiger partial charge is 0.202 e. The highest BCUT2D eigenvalue weighted by atomic mass is 32.1. The maximum absolute atomic E-state index is 4.05. The minimum atomic E-state index is 0.900. The summed E-state index contributed by atoms with van der Waals surface area (Å²) in [5.74, 6) is 0. The lowest BCUT2D eigenvalue weighted by molar-refractivity contribution is 0.698. The maximum atomic E-state index is 4.05. The van der Waals surface area contributed by atoms with E-state index >= 15 is 0 Å². The van der Waals surface area contributed by atoms with E-state index in [9.17, 15) is 0 Å². The molecule has 0 saturated heterocycles. The van der Waals surface area contributed by atoms with E-state index in [1.165, 1.54) is 17.1 Å². The van der Waals surface area contributed by atoms with Gasteiger partial charge in [0.1, 0.15) is 6.33 Å². The van der Waals surface area contributed by atoms with Crippen molar-refractivity contribution in [3.63, 3.8) is 0 Å². The van der Waals surface area contributed by atoms with Crippen molar-refractivity contribution < 1.29 is 0 Å². The molecule has 2 rings (SSSR count). The second kappa shape index (κ2) is 4.34. The van der Waals surface area contributed by atoms with E-state index < -0.39 is 0 Å². The van der Waals surface area contributed by atoms with Gasteiger partial charge in [-0.2, -0.15) is 4.37 Å². The third-order valence-electron chi connectivity index (χ3n) is 1.99. The molecule has 2 N–H and O–H groups in total. The fourth-order valence-corrected chi connectivity index (χ4v) is 1.70. The molecule has 0 spiro atoms. The first-order valence-electron chi connectivity index (χ1n) is 4.34. The summed E-state index contributed by atoms with van der Waals surface area (Å²) in [5, 5.41) is 7.42. The lowest BCUT2D eigenvalue weighted by atomic mass is 10.1. The molecule has 1 aromatic rings. The molecule has 13 heavy (non-hydrogen) atoms. The summed E-state index contributed by atoms with van der Waals surface area (Å²) < 4.78 is 3.92. The average molecular weight is 196 g/mol. The molecule has 1 aliphatic rings. The first-order valence-corrected chi connectivity index (χ1v) is 5.11. The van der Waals surface area contributed by atoms with E-state index in [2.05, 4.69) is 26.1 Å². The highest BCUT2D eigenvalue weighted by Crippen LogP contribution is 2.09. The molecule has 0 atom stereocenters. The number of hydrogen-bond donors (Lipinski definition) is 2. The largest absolute Gasteiger partial charge is 0.357 e. The Kier molecular flexibility index (Phi) is 2.89. The number of nitrogens with zero attached hydrogens (tertiary/aromatic N) is 2. The van der Waals surface area contributed by atoms with Gasteiger partial charge < -0.3 is 10.6 Å². The highest BCUT2D eigenvalue weighted by molar-refractivity contribution is 7.09. The van der Waals surface area contributed by atoms with E-state index in [0.29, 0.717) is 0 Å². The summed E-state index contributed by atoms with van der Waals surface area (Å²) in [7, 11) is 0. The van der Waals surface area contributed by atoms with Gasteiger partial charge in [-0.15, -0.1) is 0 Å². The molecule has 0 bridgehead atoms. The number of aromatic nitrogens is 2. The van der Waals surface area contributed by atoms with Crippen LogP contribution < -0.4 is 10.6 Å². The standard InChI is InChI=1S/C8H12N4S/c1-3-9-4-2-7(1)5-10-8-11-6-12-13-8/h1,6,9H,2-5H2,(H,10,11,12). The second-order valence-corrected chi connectivity index (χ2v) is 3.70. The number of hydrogen-bond acceptors (Lipinski definition) is 5. The summed E-state index contributed by atoms with van der Waals surface area (Å²) in [6, 6.07) is 0. The molecule has 0 saturated carbocycles. The van der Waals surface area contributed by atoms with Gasteiger partial charge in [-0.3, -0.25) is 0 Å². The van der Waals surface area contributed by atoms with E-state index in [1.54, 1.807) is 6.33 Å². The highest BCUT2D eigenvalue weighted by Gasteiger charge is 2.02. The van der Waals surface area contributed by atoms with E-state index in [-0.39, 0.29) is 0 Å². The minimum Gasteiger partial charge on any atom is -0.357 e. The summed E-state index contributed by atoms with van der Waals surface area (Å²) in [6.45, 7) is 2.98. The molecule has 4 nitrogen and oxygen atoms in total. The van der Waals surface area contributed by atoms with Gasteiger partial charge in [-0.25, -0.2) is 4.98 Å². The number of rotatable bonds is 3. The summed E-state index contributed by atoms with van der Waals surface area (Å²) >= 11 is 1.40. The topological polar surface area (TPSA) is 49.8 Å². The van der Waals surface area contributed by atoms with Crippen molar-refractivity contribution in [1.29, 1.82) is 0 Å². The predicted octanol–water partition coefficient (Wildman–Crippen LogP) is 0.870. The molecule has 5 heteroatoms. The van der Waals surface area contributed by atoms with E-state index in [4.69, 9.17) is 0 Å². The predicted molar refractivity (Wildman–Crippen MR) is 54.0 cm³/mol. The Hall–Kier alpha value is -0.940. The quantitative estimate of drug-likeness (QED) is 0.704. The molecule has 0 aliphatic carbocycles. The van der Waals surface area contributed by atoms with Gasteiger partial charge in [0.2, 0.25) is 5.13 Å². The summed E-state index contributed by atoms with van der Waals surface area (Å²) in [5.41, 5.74) is 1.45. The fraction of sp³-hybridized carbons (Fsp3) is 0.500. The SMILES string of the molecule is C1=C(CNc2ncns2)CCNC1. The van der Waals surface area contributed by atoms with Crippen LogP contribution in [0.2, 0.25) is 0 Å². The van der Waals surface area contributed by atoms with Crippen molar-refractivity contribution in [2.24, 2.45) is 0 Å². The van der Waals surface area contributed by atoms with Gasteiger partial charge in [-0.1, -0.05) is 11.6 Å². The van der Waals surface area contributed by atoms with Gasteiger partial charge in [0.25, 0.3) is 0 Å². The first-order chi connectivity index (χ1) is 6.45. The van der Waals surface area contributed by atoms with Gasteiger partial charge in [0.05, 0.1) is 0 Å². The van der Waals surface area contributed by atoms with Crippen LogP contribution in [-0.2, 0) is 0 Å². The second-order valence-electron chi connectivity index (χ2n) is 2.92. The molecule has 0 fully saturated rings. The Balaban J connectivity index is 1.82. The molecule has 2 heterocycles. The number of anilines is 1. The first kappa shape index (κ1) is 8.65. The van der Waals surface area contributed by atoms with Crippen LogP contribution in [0.5, 0.6) is 0 Å². The monoisotopic (exact) mass is 196 g/mol. The molecule has 1 aromatic heterocycles. The maximum Gasteiger partial charge on any atom is 0.202 e. The van der Waals surface area contributed by atoms with Gasteiger partial charge in [0.15, 0.2) is 0 Å². The van der Waals surface area contributed by atoms with Crippen LogP contribution in [0.4, 0.5) is 5.13 Å². The van der Waals surface area contributed by atoms with E-state index in [1.807, 2.05) is 0 Å². The Labute approximate surface area is 81.2 Å². The third-order valence-corrected chi connectivity index (χ3v) is 2.61. The van der Waals surface area contributed by atoms with Crippen LogP contribution in [0.1, 0.15) is 6.42 Å². The van der Waals surface area contributed by atoms with Gasteiger partial charge in [0, 0.05) is 24.6 Å². The molecule has 0 radical (unpaired) electrons. The van der Waals surface area contributed by atoms with Crippen molar-refractivity contribution in [2.75, 3.05) is 25.0 Å². The van der Waals surface area contributed by atoms with Crippen molar-refractivity contribution in [2.45, 2.75) is 6.42 Å². The van der Waals surface area contributed by atoms with Gasteiger partial charge in [-0.05, 0) is 13.0 Å². The molecular weight excluding hydrogens is 184 g/mol. The lowest BCUT2D eigenvalue weighted by Gasteiger charge is -2.13. The third kappa shape index (κ3) is 2.50. The molecule has 0 amide bonds. The fourth-order valence-electron chi connectivity index (χ4n) is 1.27. The summed E-state index contributed by atoms with van der Waals surface area (Å²) in [4.78, 5) is 4.05. The molecule has 0 aromatic carbocycles. The normalized spacial score (nSPS) is 16.8. The van der Waals surface area contributed by atoms with Crippen LogP contribution in [0.3, 0.4) is 0 Å². The summed E-state index contributed by atoms with van der Waals surface area (Å²) in [6.07, 6.45) is 4.94. The Bertz CT molecular complexity index is 280. The van der Waals surface area contributed by atoms with Crippen LogP contribution in [0, 0.1) is 0 Å². The zero-order valence-electron chi connectivity index (χ0n) is 7.29. The minimum absolute atomic E-state index is 0.900. The van der Waals surface area contributed by atoms with Gasteiger partial charge >= 0.3 is 0 Å². The van der Waals surface area contributed by atoms with Crippen LogP contribution >= 0.6 is 11.5 Å². The van der Waals surface area contributed by atoms with Crippen molar-refractivity contribution in [1.82, 2.24) is 14.7 Å². The lowest BCUT2D eigenvalue weighted by Crippen LogP contribution is -2.23. The van der Waals surface area contributed by atoms with Crippen molar-refractivity contribution in [3.8, 4) is 0 Å². The van der Waals surface area contributed by atoms with Crippen LogP contribution in [0.15, 0.2) is 18.0 Å². The average Bonchev–Trinajstić information content (AvgIpc) is 2.69. The zero-order chi connectivity index (χ0) is 8.93. The van der Waals surface area contributed by atoms with Crippen LogP contribution in [0.25, 0.3) is 0 Å². The zero-order valence-corrected chi connectivity index (χ0v) is 8.10. The number of nitrogens with one attached hydrogen (secondary N) is 2. The molecular formula is C8H12N4S. The molecule has 0 unspecified atom stereocenters. The Morgan fingerprint density at radius 2 is 2.62 bits per heavy atom. The van der Waals surface area contributed by atoms with Crippen molar-refractivity contribution >= 4 is 16.7 Å². The van der Waals surface area contributed by atoms with Crippen LogP contribution in [-0.4, -0.2) is 29.0 Å². The molecule has 1 aliphatic heterocycles. The molecule has 70 valence electrons. The van der Waals surface area contributed by atoms with Crippen molar-refractivity contribution in [3.05, 3.63) is 18.0 Å². The Morgan fingerprint density at radius 1 is 1.62 bits per heavy atom.